The minimum atomic E-state index is -3.16. The predicted molar refractivity (Wildman–Crippen MR) is 63.8 cm³/mol. The van der Waals surface area contributed by atoms with Gasteiger partial charge in [0, 0.05) is 19.6 Å². The smallest absolute Gasteiger partial charge is 0.214 e. The Labute approximate surface area is 98.1 Å². The number of hydrogen-bond donors (Lipinski definition) is 1. The van der Waals surface area contributed by atoms with Gasteiger partial charge in [0.15, 0.2) is 0 Å². The highest BCUT2D eigenvalue weighted by Gasteiger charge is 2.40. The van der Waals surface area contributed by atoms with Gasteiger partial charge in [-0.15, -0.1) is 0 Å². The molecule has 1 aliphatic heterocycles. The summed E-state index contributed by atoms with van der Waals surface area (Å²) in [5.74, 6) is 0.172. The van der Waals surface area contributed by atoms with Crippen molar-refractivity contribution in [2.24, 2.45) is 0 Å². The highest BCUT2D eigenvalue weighted by Crippen LogP contribution is 2.24. The van der Waals surface area contributed by atoms with E-state index in [9.17, 15) is 13.5 Å². The molecule has 0 aromatic carbocycles. The minimum absolute atomic E-state index is 0.172. The number of β-amino-alcohol motifs (C(OH)–C–C–N with tert-alkyl or cyclic N) is 1. The molecule has 0 spiro atoms. The summed E-state index contributed by atoms with van der Waals surface area (Å²) in [6.45, 7) is 3.02. The molecular weight excluding hydrogens is 228 g/mol. The van der Waals surface area contributed by atoms with Crippen LogP contribution in [0.3, 0.4) is 0 Å². The van der Waals surface area contributed by atoms with Crippen molar-refractivity contribution in [2.75, 3.05) is 39.5 Å². The summed E-state index contributed by atoms with van der Waals surface area (Å²) < 4.78 is 25.0. The second-order valence-corrected chi connectivity index (χ2v) is 6.95. The Kier molecular flexibility index (Phi) is 4.34. The van der Waals surface area contributed by atoms with Crippen LogP contribution in [0.15, 0.2) is 0 Å². The first-order valence-electron chi connectivity index (χ1n) is 5.64. The van der Waals surface area contributed by atoms with Crippen molar-refractivity contribution in [2.45, 2.75) is 25.4 Å². The molecule has 1 aliphatic rings. The quantitative estimate of drug-likeness (QED) is 0.729. The standard InChI is InChI=1S/C10H22N2O3S/c1-4-7-16(14,15)12-6-5-10(13,9-12)8-11(2)3/h13H,4-9H2,1-3H3. The van der Waals surface area contributed by atoms with Gasteiger partial charge in [-0.2, -0.15) is 4.31 Å². The summed E-state index contributed by atoms with van der Waals surface area (Å²) in [7, 11) is 0.590. The van der Waals surface area contributed by atoms with Crippen molar-refractivity contribution in [3.63, 3.8) is 0 Å². The van der Waals surface area contributed by atoms with Crippen molar-refractivity contribution in [3.05, 3.63) is 0 Å². The van der Waals surface area contributed by atoms with Gasteiger partial charge in [0.1, 0.15) is 0 Å². The van der Waals surface area contributed by atoms with E-state index in [1.165, 1.54) is 4.31 Å². The molecule has 0 amide bonds. The molecule has 0 aliphatic carbocycles. The molecule has 0 saturated carbocycles. The highest BCUT2D eigenvalue weighted by molar-refractivity contribution is 7.89. The van der Waals surface area contributed by atoms with Crippen LogP contribution < -0.4 is 0 Å². The van der Waals surface area contributed by atoms with Crippen LogP contribution in [0.1, 0.15) is 19.8 Å². The lowest BCUT2D eigenvalue weighted by Crippen LogP contribution is -2.43. The number of rotatable bonds is 5. The van der Waals surface area contributed by atoms with E-state index >= 15 is 0 Å². The van der Waals surface area contributed by atoms with Gasteiger partial charge in [-0.05, 0) is 26.9 Å². The van der Waals surface area contributed by atoms with Gasteiger partial charge in [0.25, 0.3) is 0 Å². The molecule has 6 heteroatoms. The second-order valence-electron chi connectivity index (χ2n) is 4.86. The summed E-state index contributed by atoms with van der Waals surface area (Å²) in [5, 5.41) is 10.2. The van der Waals surface area contributed by atoms with E-state index in [0.29, 0.717) is 25.9 Å². The lowest BCUT2D eigenvalue weighted by atomic mass is 10.0. The molecule has 0 bridgehead atoms. The van der Waals surface area contributed by atoms with Crippen LogP contribution in [0.2, 0.25) is 0 Å². The molecule has 16 heavy (non-hydrogen) atoms. The van der Waals surface area contributed by atoms with E-state index in [-0.39, 0.29) is 12.3 Å². The zero-order chi connectivity index (χ0) is 12.4. The van der Waals surface area contributed by atoms with Crippen molar-refractivity contribution >= 4 is 10.0 Å². The number of aliphatic hydroxyl groups is 1. The van der Waals surface area contributed by atoms with Gasteiger partial charge in [-0.25, -0.2) is 8.42 Å². The minimum Gasteiger partial charge on any atom is -0.387 e. The molecule has 0 aromatic rings. The molecule has 1 unspecified atom stereocenters. The Morgan fingerprint density at radius 3 is 2.56 bits per heavy atom. The fraction of sp³-hybridized carbons (Fsp3) is 1.00. The van der Waals surface area contributed by atoms with E-state index < -0.39 is 15.6 Å². The molecule has 96 valence electrons. The summed E-state index contributed by atoms with van der Waals surface area (Å²) in [6.07, 6.45) is 1.14. The number of sulfonamides is 1. The average Bonchev–Trinajstić information content (AvgIpc) is 2.46. The monoisotopic (exact) mass is 250 g/mol. The van der Waals surface area contributed by atoms with Gasteiger partial charge in [0.2, 0.25) is 10.0 Å². The molecule has 1 saturated heterocycles. The number of nitrogens with zero attached hydrogens (tertiary/aromatic N) is 2. The zero-order valence-electron chi connectivity index (χ0n) is 10.3. The van der Waals surface area contributed by atoms with Crippen LogP contribution in [-0.2, 0) is 10.0 Å². The fourth-order valence-electron chi connectivity index (χ4n) is 2.16. The summed E-state index contributed by atoms with van der Waals surface area (Å²) in [4.78, 5) is 1.88. The molecule has 0 aromatic heterocycles. The lowest BCUT2D eigenvalue weighted by Gasteiger charge is -2.26. The second kappa shape index (κ2) is 5.00. The van der Waals surface area contributed by atoms with E-state index in [1.54, 1.807) is 0 Å². The Morgan fingerprint density at radius 2 is 2.06 bits per heavy atom. The SMILES string of the molecule is CCCS(=O)(=O)N1CCC(O)(CN(C)C)C1. The van der Waals surface area contributed by atoms with Crippen molar-refractivity contribution in [1.29, 1.82) is 0 Å². The maximum atomic E-state index is 11.8. The molecule has 1 heterocycles. The van der Waals surface area contributed by atoms with Gasteiger partial charge in [-0.1, -0.05) is 6.92 Å². The first kappa shape index (κ1) is 13.9. The summed E-state index contributed by atoms with van der Waals surface area (Å²) in [5.41, 5.74) is -0.885. The topological polar surface area (TPSA) is 60.9 Å². The van der Waals surface area contributed by atoms with Crippen LogP contribution in [-0.4, -0.2) is 67.8 Å². The van der Waals surface area contributed by atoms with Crippen LogP contribution in [0.4, 0.5) is 0 Å². The molecule has 5 nitrogen and oxygen atoms in total. The van der Waals surface area contributed by atoms with Gasteiger partial charge in [-0.3, -0.25) is 0 Å². The Hall–Kier alpha value is -0.170. The van der Waals surface area contributed by atoms with E-state index in [0.717, 1.165) is 0 Å². The summed E-state index contributed by atoms with van der Waals surface area (Å²) >= 11 is 0. The largest absolute Gasteiger partial charge is 0.387 e. The Balaban J connectivity index is 2.65. The molecular formula is C10H22N2O3S. The predicted octanol–water partition coefficient (Wildman–Crippen LogP) is -0.275. The zero-order valence-corrected chi connectivity index (χ0v) is 11.1. The molecule has 1 fully saturated rings. The average molecular weight is 250 g/mol. The number of likely N-dealkylation sites (N-methyl/N-ethyl adjacent to an activating group) is 1. The first-order valence-corrected chi connectivity index (χ1v) is 7.25. The highest BCUT2D eigenvalue weighted by atomic mass is 32.2. The van der Waals surface area contributed by atoms with Gasteiger partial charge < -0.3 is 10.0 Å². The lowest BCUT2D eigenvalue weighted by molar-refractivity contribution is 0.0302. The molecule has 1 N–H and O–H groups in total. The van der Waals surface area contributed by atoms with Crippen LogP contribution in [0, 0.1) is 0 Å². The van der Waals surface area contributed by atoms with Crippen LogP contribution in [0.5, 0.6) is 0 Å². The van der Waals surface area contributed by atoms with E-state index in [4.69, 9.17) is 0 Å². The van der Waals surface area contributed by atoms with Crippen molar-refractivity contribution in [3.8, 4) is 0 Å². The molecule has 1 rings (SSSR count). The molecule has 0 radical (unpaired) electrons. The van der Waals surface area contributed by atoms with Crippen LogP contribution in [0.25, 0.3) is 0 Å². The third kappa shape index (κ3) is 3.41. The fourth-order valence-corrected chi connectivity index (χ4v) is 3.74. The normalized spacial score (nSPS) is 27.8. The maximum absolute atomic E-state index is 11.8. The maximum Gasteiger partial charge on any atom is 0.214 e. The Bertz CT molecular complexity index is 329. The number of hydrogen-bond acceptors (Lipinski definition) is 4. The first-order chi connectivity index (χ1) is 7.29. The van der Waals surface area contributed by atoms with Crippen molar-refractivity contribution < 1.29 is 13.5 Å². The van der Waals surface area contributed by atoms with E-state index in [2.05, 4.69) is 0 Å². The van der Waals surface area contributed by atoms with Gasteiger partial charge >= 0.3 is 0 Å². The van der Waals surface area contributed by atoms with Crippen LogP contribution >= 0.6 is 0 Å². The third-order valence-corrected chi connectivity index (χ3v) is 4.79. The molecule has 1 atom stereocenters. The van der Waals surface area contributed by atoms with Gasteiger partial charge in [0.05, 0.1) is 11.4 Å². The Morgan fingerprint density at radius 1 is 1.44 bits per heavy atom. The summed E-state index contributed by atoms with van der Waals surface area (Å²) in [6, 6.07) is 0. The van der Waals surface area contributed by atoms with E-state index in [1.807, 2.05) is 25.9 Å². The van der Waals surface area contributed by atoms with Crippen molar-refractivity contribution in [1.82, 2.24) is 9.21 Å². The third-order valence-electron chi connectivity index (χ3n) is 2.76.